The predicted molar refractivity (Wildman–Crippen MR) is 71.9 cm³/mol. The largest absolute Gasteiger partial charge is 0.480 e. The molecule has 0 unspecified atom stereocenters. The van der Waals surface area contributed by atoms with Crippen LogP contribution in [0.5, 0.6) is 0 Å². The molecule has 2 amide bonds. The maximum atomic E-state index is 12.2. The van der Waals surface area contributed by atoms with E-state index >= 15 is 0 Å². The maximum absolute atomic E-state index is 12.2. The number of amides is 2. The molecule has 1 aliphatic rings. The third-order valence-electron chi connectivity index (χ3n) is 3.10. The zero-order chi connectivity index (χ0) is 14.9. The SMILES string of the molecule is C[S@@](=O)CC[C@@H](C(=O)O)N1C(=O)c2ccccc2C1=O. The van der Waals surface area contributed by atoms with Crippen molar-refractivity contribution in [2.75, 3.05) is 12.0 Å². The molecule has 0 fully saturated rings. The van der Waals surface area contributed by atoms with Gasteiger partial charge in [-0.1, -0.05) is 12.1 Å². The van der Waals surface area contributed by atoms with Gasteiger partial charge in [0.15, 0.2) is 0 Å². The molecule has 0 saturated heterocycles. The van der Waals surface area contributed by atoms with Gasteiger partial charge in [-0.2, -0.15) is 0 Å². The Labute approximate surface area is 117 Å². The van der Waals surface area contributed by atoms with Crippen molar-refractivity contribution in [3.8, 4) is 0 Å². The molecule has 1 aliphatic heterocycles. The maximum Gasteiger partial charge on any atom is 0.326 e. The summed E-state index contributed by atoms with van der Waals surface area (Å²) in [4.78, 5) is 36.4. The average molecular weight is 295 g/mol. The molecule has 0 spiro atoms. The fraction of sp³-hybridized carbons (Fsp3) is 0.308. The number of nitrogens with zero attached hydrogens (tertiary/aromatic N) is 1. The third kappa shape index (κ3) is 2.49. The molecule has 1 N–H and O–H groups in total. The highest BCUT2D eigenvalue weighted by atomic mass is 32.2. The molecule has 1 aromatic rings. The Morgan fingerprint density at radius 3 is 2.15 bits per heavy atom. The zero-order valence-electron chi connectivity index (χ0n) is 10.7. The minimum atomic E-state index is -1.29. The van der Waals surface area contributed by atoms with Gasteiger partial charge in [0.2, 0.25) is 0 Å². The first kappa shape index (κ1) is 14.4. The summed E-state index contributed by atoms with van der Waals surface area (Å²) in [6.45, 7) is 0. The summed E-state index contributed by atoms with van der Waals surface area (Å²) in [5.41, 5.74) is 0.419. The van der Waals surface area contributed by atoms with Crippen LogP contribution in [0.3, 0.4) is 0 Å². The van der Waals surface area contributed by atoms with Gasteiger partial charge in [-0.15, -0.1) is 0 Å². The summed E-state index contributed by atoms with van der Waals surface area (Å²) in [5, 5.41) is 9.22. The van der Waals surface area contributed by atoms with Crippen molar-refractivity contribution in [3.05, 3.63) is 35.4 Å². The Balaban J connectivity index is 2.32. The number of benzene rings is 1. The molecule has 7 heteroatoms. The van der Waals surface area contributed by atoms with Crippen molar-refractivity contribution in [2.24, 2.45) is 0 Å². The number of hydrogen-bond acceptors (Lipinski definition) is 4. The van der Waals surface area contributed by atoms with Crippen molar-refractivity contribution in [3.63, 3.8) is 0 Å². The second kappa shape index (κ2) is 5.54. The molecule has 0 bridgehead atoms. The Bertz CT molecular complexity index is 578. The summed E-state index contributed by atoms with van der Waals surface area (Å²) in [5.74, 6) is -2.38. The van der Waals surface area contributed by atoms with Gasteiger partial charge in [0, 0.05) is 22.8 Å². The summed E-state index contributed by atoms with van der Waals surface area (Å²) < 4.78 is 11.1. The van der Waals surface area contributed by atoms with Crippen LogP contribution in [0.2, 0.25) is 0 Å². The van der Waals surface area contributed by atoms with Crippen LogP contribution in [0, 0.1) is 0 Å². The number of rotatable bonds is 5. The lowest BCUT2D eigenvalue weighted by Gasteiger charge is -2.22. The Morgan fingerprint density at radius 1 is 1.25 bits per heavy atom. The Kier molecular flexibility index (Phi) is 3.99. The lowest BCUT2D eigenvalue weighted by atomic mass is 10.1. The molecule has 0 saturated carbocycles. The number of imide groups is 1. The van der Waals surface area contributed by atoms with Crippen molar-refractivity contribution < 1.29 is 23.7 Å². The van der Waals surface area contributed by atoms with Crippen LogP contribution in [0.15, 0.2) is 24.3 Å². The normalized spacial score (nSPS) is 16.9. The van der Waals surface area contributed by atoms with Gasteiger partial charge in [-0.25, -0.2) is 4.79 Å². The first-order chi connectivity index (χ1) is 9.43. The molecule has 2 rings (SSSR count). The van der Waals surface area contributed by atoms with E-state index in [9.17, 15) is 23.7 Å². The minimum Gasteiger partial charge on any atom is -0.480 e. The molecule has 0 radical (unpaired) electrons. The quantitative estimate of drug-likeness (QED) is 0.799. The number of fused-ring (bicyclic) bond motifs is 1. The molecular formula is C13H13NO5S. The standard InChI is InChI=1S/C13H13NO5S/c1-20(19)7-6-10(13(17)18)14-11(15)8-4-2-3-5-9(8)12(14)16/h2-5,10H,6-7H2,1H3,(H,17,18)/t10-,20+/m0/s1. The molecule has 0 aromatic heterocycles. The van der Waals surface area contributed by atoms with E-state index in [0.29, 0.717) is 0 Å². The highest BCUT2D eigenvalue weighted by molar-refractivity contribution is 7.84. The molecule has 20 heavy (non-hydrogen) atoms. The second-order valence-electron chi connectivity index (χ2n) is 4.45. The van der Waals surface area contributed by atoms with E-state index in [1.165, 1.54) is 18.4 Å². The van der Waals surface area contributed by atoms with Crippen LogP contribution in [0.4, 0.5) is 0 Å². The van der Waals surface area contributed by atoms with E-state index in [2.05, 4.69) is 0 Å². The van der Waals surface area contributed by atoms with Crippen LogP contribution < -0.4 is 0 Å². The predicted octanol–water partition coefficient (Wildman–Crippen LogP) is 0.504. The van der Waals surface area contributed by atoms with Gasteiger partial charge in [-0.05, 0) is 18.6 Å². The Morgan fingerprint density at radius 2 is 1.75 bits per heavy atom. The zero-order valence-corrected chi connectivity index (χ0v) is 11.6. The van der Waals surface area contributed by atoms with E-state index in [1.807, 2.05) is 0 Å². The van der Waals surface area contributed by atoms with E-state index in [4.69, 9.17) is 0 Å². The van der Waals surface area contributed by atoms with Gasteiger partial charge < -0.3 is 5.11 Å². The number of aliphatic carboxylic acids is 1. The number of carboxylic acids is 1. The smallest absolute Gasteiger partial charge is 0.326 e. The first-order valence-corrected chi connectivity index (χ1v) is 7.66. The topological polar surface area (TPSA) is 91.8 Å². The van der Waals surface area contributed by atoms with Crippen molar-refractivity contribution in [1.29, 1.82) is 0 Å². The van der Waals surface area contributed by atoms with Gasteiger partial charge in [0.05, 0.1) is 11.1 Å². The fourth-order valence-electron chi connectivity index (χ4n) is 2.13. The lowest BCUT2D eigenvalue weighted by molar-refractivity contribution is -0.141. The molecule has 0 aliphatic carbocycles. The summed E-state index contributed by atoms with van der Waals surface area (Å²) in [6.07, 6.45) is 1.42. The van der Waals surface area contributed by atoms with Gasteiger partial charge in [-0.3, -0.25) is 18.7 Å². The summed E-state index contributed by atoms with van der Waals surface area (Å²) >= 11 is 0. The van der Waals surface area contributed by atoms with Gasteiger partial charge in [0.25, 0.3) is 11.8 Å². The van der Waals surface area contributed by atoms with Crippen LogP contribution in [0.1, 0.15) is 27.1 Å². The van der Waals surface area contributed by atoms with Crippen LogP contribution >= 0.6 is 0 Å². The van der Waals surface area contributed by atoms with Crippen LogP contribution in [0.25, 0.3) is 0 Å². The average Bonchev–Trinajstić information content (AvgIpc) is 2.64. The molecular weight excluding hydrogens is 282 g/mol. The monoisotopic (exact) mass is 295 g/mol. The molecule has 6 nitrogen and oxygen atoms in total. The summed E-state index contributed by atoms with van der Waals surface area (Å²) in [7, 11) is -1.19. The van der Waals surface area contributed by atoms with Crippen molar-refractivity contribution in [2.45, 2.75) is 12.5 Å². The van der Waals surface area contributed by atoms with Crippen molar-refractivity contribution in [1.82, 2.24) is 4.90 Å². The number of carbonyl (C=O) groups excluding carboxylic acids is 2. The highest BCUT2D eigenvalue weighted by Crippen LogP contribution is 2.25. The van der Waals surface area contributed by atoms with Gasteiger partial charge in [0.1, 0.15) is 6.04 Å². The van der Waals surface area contributed by atoms with Crippen molar-refractivity contribution >= 4 is 28.6 Å². The molecule has 1 heterocycles. The molecule has 106 valence electrons. The van der Waals surface area contributed by atoms with Crippen LogP contribution in [-0.4, -0.2) is 50.0 Å². The Hall–Kier alpha value is -2.02. The lowest BCUT2D eigenvalue weighted by Crippen LogP contribution is -2.45. The van der Waals surface area contributed by atoms with E-state index < -0.39 is 34.6 Å². The third-order valence-corrected chi connectivity index (χ3v) is 3.91. The van der Waals surface area contributed by atoms with Crippen LogP contribution in [-0.2, 0) is 15.6 Å². The van der Waals surface area contributed by atoms with E-state index in [-0.39, 0.29) is 23.3 Å². The summed E-state index contributed by atoms with van der Waals surface area (Å²) in [6, 6.07) is 4.93. The molecule has 2 atom stereocenters. The molecule has 1 aromatic carbocycles. The minimum absolute atomic E-state index is 0.0239. The second-order valence-corrected chi connectivity index (χ2v) is 6.00. The van der Waals surface area contributed by atoms with E-state index in [0.717, 1.165) is 4.90 Å². The number of carboxylic acid groups (broad SMARTS) is 1. The fourth-order valence-corrected chi connectivity index (χ4v) is 2.69. The van der Waals surface area contributed by atoms with E-state index in [1.54, 1.807) is 12.1 Å². The first-order valence-electron chi connectivity index (χ1n) is 5.93. The highest BCUT2D eigenvalue weighted by Gasteiger charge is 2.42. The number of hydrogen-bond donors (Lipinski definition) is 1. The number of carbonyl (C=O) groups is 3. The van der Waals surface area contributed by atoms with Gasteiger partial charge >= 0.3 is 5.97 Å².